The van der Waals surface area contributed by atoms with Gasteiger partial charge in [-0.05, 0) is 41.5 Å². The molecule has 0 unspecified atom stereocenters. The van der Waals surface area contributed by atoms with E-state index in [1.807, 2.05) is 54.6 Å². The maximum Gasteiger partial charge on any atom is 0.273 e. The zero-order chi connectivity index (χ0) is 17.9. The number of benzene rings is 2. The van der Waals surface area contributed by atoms with Gasteiger partial charge in [-0.2, -0.15) is 0 Å². The molecule has 0 atom stereocenters. The van der Waals surface area contributed by atoms with Gasteiger partial charge in [0.15, 0.2) is 5.82 Å². The number of rotatable bonds is 4. The maximum absolute atomic E-state index is 12.3. The van der Waals surface area contributed by atoms with Crippen molar-refractivity contribution in [1.29, 1.82) is 0 Å². The van der Waals surface area contributed by atoms with Crippen molar-refractivity contribution in [3.8, 4) is 34.0 Å². The molecule has 2 aromatic heterocycles. The first-order valence-electron chi connectivity index (χ1n) is 8.23. The van der Waals surface area contributed by atoms with Crippen LogP contribution in [-0.4, -0.2) is 21.9 Å². The van der Waals surface area contributed by atoms with Crippen LogP contribution in [0.4, 0.5) is 0 Å². The molecule has 0 fully saturated rings. The molecule has 0 aliphatic rings. The van der Waals surface area contributed by atoms with Crippen molar-refractivity contribution in [3.05, 3.63) is 89.3 Å². The fourth-order valence-corrected chi connectivity index (χ4v) is 2.85. The summed E-state index contributed by atoms with van der Waals surface area (Å²) in [6, 6.07) is 23.0. The van der Waals surface area contributed by atoms with E-state index in [-0.39, 0.29) is 5.56 Å². The molecule has 128 valence electrons. The molecule has 4 rings (SSSR count). The van der Waals surface area contributed by atoms with Gasteiger partial charge < -0.3 is 4.74 Å². The zero-order valence-electron chi connectivity index (χ0n) is 14.2. The molecule has 0 radical (unpaired) electrons. The van der Waals surface area contributed by atoms with Crippen LogP contribution in [0.15, 0.2) is 83.8 Å². The first kappa shape index (κ1) is 15.9. The molecule has 0 spiro atoms. The zero-order valence-corrected chi connectivity index (χ0v) is 14.2. The Morgan fingerprint density at radius 3 is 2.42 bits per heavy atom. The van der Waals surface area contributed by atoms with E-state index >= 15 is 0 Å². The van der Waals surface area contributed by atoms with Gasteiger partial charge in [-0.25, -0.2) is 9.67 Å². The number of aromatic nitrogens is 3. The molecule has 5 heteroatoms. The molecule has 1 N–H and O–H groups in total. The Labute approximate surface area is 150 Å². The molecule has 0 aliphatic heterocycles. The van der Waals surface area contributed by atoms with Crippen LogP contribution in [0.25, 0.3) is 28.2 Å². The van der Waals surface area contributed by atoms with Crippen LogP contribution in [0.3, 0.4) is 0 Å². The van der Waals surface area contributed by atoms with E-state index in [4.69, 9.17) is 4.74 Å². The highest BCUT2D eigenvalue weighted by atomic mass is 16.5. The molecule has 0 saturated carbocycles. The summed E-state index contributed by atoms with van der Waals surface area (Å²) in [5.74, 6) is 1.39. The summed E-state index contributed by atoms with van der Waals surface area (Å²) in [6.45, 7) is 0. The predicted molar refractivity (Wildman–Crippen MR) is 102 cm³/mol. The Morgan fingerprint density at radius 1 is 0.885 bits per heavy atom. The normalized spacial score (nSPS) is 10.7. The third kappa shape index (κ3) is 3.02. The molecule has 2 aromatic carbocycles. The molecule has 0 bridgehead atoms. The molecule has 0 aliphatic carbocycles. The van der Waals surface area contributed by atoms with Gasteiger partial charge in [-0.3, -0.25) is 9.89 Å². The number of methoxy groups -OCH3 is 1. The van der Waals surface area contributed by atoms with Gasteiger partial charge in [-0.15, -0.1) is 0 Å². The number of aromatic amines is 1. The van der Waals surface area contributed by atoms with Crippen LogP contribution in [0.1, 0.15) is 0 Å². The van der Waals surface area contributed by atoms with Gasteiger partial charge in [-0.1, -0.05) is 36.4 Å². The highest BCUT2D eigenvalue weighted by molar-refractivity contribution is 5.71. The lowest BCUT2D eigenvalue weighted by Crippen LogP contribution is -2.14. The average Bonchev–Trinajstić information content (AvgIpc) is 3.10. The number of hydrogen-bond donors (Lipinski definition) is 1. The van der Waals surface area contributed by atoms with Crippen molar-refractivity contribution in [1.82, 2.24) is 14.8 Å². The van der Waals surface area contributed by atoms with E-state index in [2.05, 4.69) is 16.1 Å². The summed E-state index contributed by atoms with van der Waals surface area (Å²) in [5.41, 5.74) is 3.69. The maximum atomic E-state index is 12.3. The summed E-state index contributed by atoms with van der Waals surface area (Å²) in [6.07, 6.45) is 1.66. The molecule has 0 saturated heterocycles. The van der Waals surface area contributed by atoms with Gasteiger partial charge in [0.05, 0.1) is 12.8 Å². The van der Waals surface area contributed by atoms with E-state index in [0.717, 1.165) is 28.1 Å². The Morgan fingerprint density at radius 2 is 1.69 bits per heavy atom. The highest BCUT2D eigenvalue weighted by Crippen LogP contribution is 2.26. The van der Waals surface area contributed by atoms with Gasteiger partial charge in [0.25, 0.3) is 5.56 Å². The van der Waals surface area contributed by atoms with Crippen molar-refractivity contribution in [2.75, 3.05) is 7.11 Å². The monoisotopic (exact) mass is 343 g/mol. The molecule has 26 heavy (non-hydrogen) atoms. The Balaban J connectivity index is 1.72. The molecule has 5 nitrogen and oxygen atoms in total. The largest absolute Gasteiger partial charge is 0.497 e. The van der Waals surface area contributed by atoms with Crippen molar-refractivity contribution in [2.24, 2.45) is 0 Å². The minimum absolute atomic E-state index is 0.145. The SMILES string of the molecule is COc1ccc(-c2cccc(-c3cc(=O)n(-c4ccccn4)[nH]3)c2)cc1. The Kier molecular flexibility index (Phi) is 4.11. The number of nitrogens with one attached hydrogen (secondary N) is 1. The fraction of sp³-hybridized carbons (Fsp3) is 0.0476. The minimum Gasteiger partial charge on any atom is -0.497 e. The summed E-state index contributed by atoms with van der Waals surface area (Å²) in [5, 5.41) is 3.13. The molecule has 0 amide bonds. The standard InChI is InChI=1S/C21H17N3O2/c1-26-18-10-8-15(9-11-18)16-5-4-6-17(13-16)19-14-21(25)24(23-19)20-7-2-3-12-22-20/h2-14,23H,1H3. The molecular formula is C21H17N3O2. The molecule has 2 heterocycles. The van der Waals surface area contributed by atoms with Crippen molar-refractivity contribution in [3.63, 3.8) is 0 Å². The predicted octanol–water partition coefficient (Wildman–Crippen LogP) is 3.90. The Bertz CT molecular complexity index is 1080. The van der Waals surface area contributed by atoms with Crippen LogP contribution in [0.2, 0.25) is 0 Å². The summed E-state index contributed by atoms with van der Waals surface area (Å²) in [7, 11) is 1.65. The third-order valence-corrected chi connectivity index (χ3v) is 4.20. The number of H-pyrrole nitrogens is 1. The van der Waals surface area contributed by atoms with E-state index in [0.29, 0.717) is 5.82 Å². The first-order chi connectivity index (χ1) is 12.7. The average molecular weight is 343 g/mol. The molecule has 4 aromatic rings. The second-order valence-electron chi connectivity index (χ2n) is 5.84. The first-order valence-corrected chi connectivity index (χ1v) is 8.23. The lowest BCUT2D eigenvalue weighted by Gasteiger charge is -2.06. The van der Waals surface area contributed by atoms with Crippen LogP contribution >= 0.6 is 0 Å². The van der Waals surface area contributed by atoms with Crippen LogP contribution in [0, 0.1) is 0 Å². The number of nitrogens with zero attached hydrogens (tertiary/aromatic N) is 2. The van der Waals surface area contributed by atoms with Crippen molar-refractivity contribution in [2.45, 2.75) is 0 Å². The summed E-state index contributed by atoms with van der Waals surface area (Å²) in [4.78, 5) is 16.5. The van der Waals surface area contributed by atoms with E-state index in [1.165, 1.54) is 4.68 Å². The smallest absolute Gasteiger partial charge is 0.273 e. The van der Waals surface area contributed by atoms with E-state index in [9.17, 15) is 4.79 Å². The lowest BCUT2D eigenvalue weighted by molar-refractivity contribution is 0.415. The van der Waals surface area contributed by atoms with Crippen molar-refractivity contribution < 1.29 is 4.74 Å². The quantitative estimate of drug-likeness (QED) is 0.611. The van der Waals surface area contributed by atoms with Gasteiger partial charge in [0.1, 0.15) is 5.75 Å². The number of hydrogen-bond acceptors (Lipinski definition) is 3. The van der Waals surface area contributed by atoms with E-state index < -0.39 is 0 Å². The third-order valence-electron chi connectivity index (χ3n) is 4.20. The van der Waals surface area contributed by atoms with Crippen LogP contribution in [0.5, 0.6) is 5.75 Å². The second-order valence-corrected chi connectivity index (χ2v) is 5.84. The lowest BCUT2D eigenvalue weighted by atomic mass is 10.0. The topological polar surface area (TPSA) is 59.9 Å². The molecular weight excluding hydrogens is 326 g/mol. The second kappa shape index (κ2) is 6.72. The van der Waals surface area contributed by atoms with Crippen LogP contribution in [-0.2, 0) is 0 Å². The van der Waals surface area contributed by atoms with Gasteiger partial charge in [0.2, 0.25) is 0 Å². The summed E-state index contributed by atoms with van der Waals surface area (Å²) >= 11 is 0. The number of pyridine rings is 1. The Hall–Kier alpha value is -3.60. The fourth-order valence-electron chi connectivity index (χ4n) is 2.85. The van der Waals surface area contributed by atoms with Crippen LogP contribution < -0.4 is 10.3 Å². The highest BCUT2D eigenvalue weighted by Gasteiger charge is 2.09. The van der Waals surface area contributed by atoms with Gasteiger partial charge >= 0.3 is 0 Å². The number of ether oxygens (including phenoxy) is 1. The summed E-state index contributed by atoms with van der Waals surface area (Å²) < 4.78 is 6.65. The minimum atomic E-state index is -0.145. The van der Waals surface area contributed by atoms with Gasteiger partial charge in [0, 0.05) is 17.8 Å². The van der Waals surface area contributed by atoms with E-state index in [1.54, 1.807) is 25.4 Å². The van der Waals surface area contributed by atoms with Crippen molar-refractivity contribution >= 4 is 0 Å².